The second-order valence-electron chi connectivity index (χ2n) is 2.93. The summed E-state index contributed by atoms with van der Waals surface area (Å²) in [5, 5.41) is -0.579. The van der Waals surface area contributed by atoms with Crippen molar-refractivity contribution in [2.75, 3.05) is 0 Å². The zero-order chi connectivity index (χ0) is 11.8. The topological polar surface area (TPSA) is 17.1 Å². The van der Waals surface area contributed by atoms with Crippen LogP contribution in [0.2, 0.25) is 10.0 Å². The highest BCUT2D eigenvalue weighted by Crippen LogP contribution is 2.32. The Labute approximate surface area is 93.8 Å². The number of halogens is 5. The van der Waals surface area contributed by atoms with Crippen molar-refractivity contribution in [3.8, 4) is 0 Å². The van der Waals surface area contributed by atoms with Crippen molar-refractivity contribution < 1.29 is 18.0 Å². The molecule has 0 atom stereocenters. The molecule has 0 unspecified atom stereocenters. The summed E-state index contributed by atoms with van der Waals surface area (Å²) in [6.07, 6.45) is -4.97. The van der Waals surface area contributed by atoms with E-state index in [1.165, 1.54) is 12.1 Å². The zero-order valence-corrected chi connectivity index (χ0v) is 8.96. The highest BCUT2D eigenvalue weighted by atomic mass is 35.5. The molecule has 0 saturated heterocycles. The first-order chi connectivity index (χ1) is 6.73. The molecule has 1 nitrogen and oxygen atoms in total. The van der Waals surface area contributed by atoms with E-state index in [4.69, 9.17) is 23.2 Å². The van der Waals surface area contributed by atoms with Gasteiger partial charge >= 0.3 is 6.18 Å². The van der Waals surface area contributed by atoms with Crippen LogP contribution in [0.15, 0.2) is 12.1 Å². The van der Waals surface area contributed by atoms with Crippen LogP contribution in [0.4, 0.5) is 13.2 Å². The molecule has 0 spiro atoms. The Balaban J connectivity index is 3.33. The van der Waals surface area contributed by atoms with Gasteiger partial charge in [-0.3, -0.25) is 4.79 Å². The Bertz CT molecular complexity index is 389. The number of aryl methyl sites for hydroxylation is 1. The van der Waals surface area contributed by atoms with E-state index in [0.717, 1.165) is 0 Å². The third-order valence-corrected chi connectivity index (χ3v) is 2.27. The molecule has 0 aliphatic heterocycles. The molecule has 0 amide bonds. The maximum Gasteiger partial charge on any atom is 0.454 e. The van der Waals surface area contributed by atoms with E-state index in [1.54, 1.807) is 6.92 Å². The van der Waals surface area contributed by atoms with Crippen LogP contribution >= 0.6 is 23.2 Å². The average Bonchev–Trinajstić information content (AvgIpc) is 1.99. The SMILES string of the molecule is Cc1cc(Cl)c(C(=O)C(F)(F)F)c(Cl)c1. The lowest BCUT2D eigenvalue weighted by Gasteiger charge is -2.09. The molecule has 0 saturated carbocycles. The highest BCUT2D eigenvalue weighted by Gasteiger charge is 2.41. The van der Waals surface area contributed by atoms with E-state index < -0.39 is 17.5 Å². The summed E-state index contributed by atoms with van der Waals surface area (Å²) in [6, 6.07) is 2.51. The fraction of sp³-hybridized carbons (Fsp3) is 0.222. The van der Waals surface area contributed by atoms with Crippen molar-refractivity contribution in [1.82, 2.24) is 0 Å². The van der Waals surface area contributed by atoms with Crippen LogP contribution < -0.4 is 0 Å². The van der Waals surface area contributed by atoms with Gasteiger partial charge in [-0.15, -0.1) is 0 Å². The number of rotatable bonds is 1. The lowest BCUT2D eigenvalue weighted by atomic mass is 10.1. The fourth-order valence-corrected chi connectivity index (χ4v) is 1.83. The third-order valence-electron chi connectivity index (χ3n) is 1.67. The maximum atomic E-state index is 12.1. The van der Waals surface area contributed by atoms with Crippen LogP contribution in [0.5, 0.6) is 0 Å². The molecule has 1 aromatic carbocycles. The number of ketones is 1. The van der Waals surface area contributed by atoms with Crippen LogP contribution in [-0.2, 0) is 0 Å². The van der Waals surface area contributed by atoms with Crippen molar-refractivity contribution in [2.45, 2.75) is 13.1 Å². The van der Waals surface area contributed by atoms with Gasteiger partial charge in [-0.1, -0.05) is 23.2 Å². The summed E-state index contributed by atoms with van der Waals surface area (Å²) in [5.74, 6) is -2.03. The van der Waals surface area contributed by atoms with E-state index in [0.29, 0.717) is 5.56 Å². The normalized spacial score (nSPS) is 11.6. The number of carbonyl (C=O) groups is 1. The van der Waals surface area contributed by atoms with Crippen molar-refractivity contribution in [3.63, 3.8) is 0 Å². The van der Waals surface area contributed by atoms with E-state index in [1.807, 2.05) is 0 Å². The molecule has 0 aliphatic carbocycles. The molecule has 15 heavy (non-hydrogen) atoms. The summed E-state index contributed by atoms with van der Waals surface area (Å²) in [6.45, 7) is 1.61. The van der Waals surface area contributed by atoms with Gasteiger partial charge in [0.25, 0.3) is 5.78 Å². The molecule has 1 rings (SSSR count). The van der Waals surface area contributed by atoms with E-state index >= 15 is 0 Å². The smallest absolute Gasteiger partial charge is 0.284 e. The Morgan fingerprint density at radius 1 is 1.20 bits per heavy atom. The molecular weight excluding hydrogens is 252 g/mol. The summed E-state index contributed by atoms with van der Waals surface area (Å²) in [7, 11) is 0. The minimum Gasteiger partial charge on any atom is -0.284 e. The Kier molecular flexibility index (Phi) is 3.31. The first-order valence-electron chi connectivity index (χ1n) is 3.80. The lowest BCUT2D eigenvalue weighted by molar-refractivity contribution is -0.0885. The van der Waals surface area contributed by atoms with E-state index in [-0.39, 0.29) is 10.0 Å². The van der Waals surface area contributed by atoms with Gasteiger partial charge in [-0.05, 0) is 24.6 Å². The number of Topliss-reactive ketones (excluding diaryl/α,β-unsaturated/α-hetero) is 1. The Hall–Kier alpha value is -0.740. The maximum absolute atomic E-state index is 12.1. The van der Waals surface area contributed by atoms with Crippen LogP contribution in [-0.4, -0.2) is 12.0 Å². The summed E-state index contributed by atoms with van der Waals surface area (Å²) in [4.78, 5) is 10.9. The fourth-order valence-electron chi connectivity index (χ4n) is 1.06. The molecule has 0 aliphatic rings. The van der Waals surface area contributed by atoms with Crippen molar-refractivity contribution in [1.29, 1.82) is 0 Å². The van der Waals surface area contributed by atoms with Crippen LogP contribution in [0, 0.1) is 6.92 Å². The van der Waals surface area contributed by atoms with Gasteiger partial charge in [0.2, 0.25) is 0 Å². The number of hydrogen-bond donors (Lipinski definition) is 0. The standard InChI is InChI=1S/C9H5Cl2F3O/c1-4-2-5(10)7(6(11)3-4)8(15)9(12,13)14/h2-3H,1H3. The van der Waals surface area contributed by atoms with Gasteiger partial charge < -0.3 is 0 Å². The first-order valence-corrected chi connectivity index (χ1v) is 4.56. The Morgan fingerprint density at radius 2 is 1.60 bits per heavy atom. The van der Waals surface area contributed by atoms with Crippen LogP contribution in [0.1, 0.15) is 15.9 Å². The van der Waals surface area contributed by atoms with Gasteiger partial charge in [0.15, 0.2) is 0 Å². The van der Waals surface area contributed by atoms with Crippen molar-refractivity contribution in [3.05, 3.63) is 33.3 Å². The molecule has 0 radical (unpaired) electrons. The minimum absolute atomic E-state index is 0.290. The van der Waals surface area contributed by atoms with E-state index in [2.05, 4.69) is 0 Å². The number of benzene rings is 1. The minimum atomic E-state index is -4.97. The van der Waals surface area contributed by atoms with E-state index in [9.17, 15) is 18.0 Å². The monoisotopic (exact) mass is 256 g/mol. The number of carbonyl (C=O) groups excluding carboxylic acids is 1. The molecule has 0 fully saturated rings. The van der Waals surface area contributed by atoms with Crippen molar-refractivity contribution in [2.24, 2.45) is 0 Å². The average molecular weight is 257 g/mol. The molecular formula is C9H5Cl2F3O. The molecule has 0 bridgehead atoms. The highest BCUT2D eigenvalue weighted by molar-refractivity contribution is 6.40. The summed E-state index contributed by atoms with van der Waals surface area (Å²) < 4.78 is 36.4. The predicted octanol–water partition coefficient (Wildman–Crippen LogP) is 4.05. The molecule has 0 heterocycles. The quantitative estimate of drug-likeness (QED) is 0.693. The zero-order valence-electron chi connectivity index (χ0n) is 7.45. The van der Waals surface area contributed by atoms with Gasteiger partial charge in [-0.25, -0.2) is 0 Å². The summed E-state index contributed by atoms with van der Waals surface area (Å²) in [5.41, 5.74) is -0.111. The molecule has 6 heteroatoms. The largest absolute Gasteiger partial charge is 0.454 e. The molecule has 0 aromatic heterocycles. The number of alkyl halides is 3. The van der Waals surface area contributed by atoms with Gasteiger partial charge in [-0.2, -0.15) is 13.2 Å². The lowest BCUT2D eigenvalue weighted by Crippen LogP contribution is -2.23. The second kappa shape index (κ2) is 4.02. The second-order valence-corrected chi connectivity index (χ2v) is 3.74. The molecule has 1 aromatic rings. The molecule has 82 valence electrons. The Morgan fingerprint density at radius 3 is 1.93 bits per heavy atom. The van der Waals surface area contributed by atoms with Crippen molar-refractivity contribution >= 4 is 29.0 Å². The van der Waals surface area contributed by atoms with Crippen LogP contribution in [0.25, 0.3) is 0 Å². The predicted molar refractivity (Wildman–Crippen MR) is 51.6 cm³/mol. The van der Waals surface area contributed by atoms with Gasteiger partial charge in [0.1, 0.15) is 0 Å². The third kappa shape index (κ3) is 2.63. The summed E-state index contributed by atoms with van der Waals surface area (Å²) >= 11 is 11.1. The van der Waals surface area contributed by atoms with Gasteiger partial charge in [0.05, 0.1) is 15.6 Å². The van der Waals surface area contributed by atoms with Gasteiger partial charge in [0, 0.05) is 0 Å². The number of hydrogen-bond acceptors (Lipinski definition) is 1. The first kappa shape index (κ1) is 12.3. The van der Waals surface area contributed by atoms with Crippen LogP contribution in [0.3, 0.4) is 0 Å². The molecule has 0 N–H and O–H groups in total.